The molecule has 160 valence electrons. The van der Waals surface area contributed by atoms with Crippen molar-refractivity contribution < 1.29 is 31.2 Å². The summed E-state index contributed by atoms with van der Waals surface area (Å²) in [6, 6.07) is 2.89. The maximum absolute atomic E-state index is 12.9. The predicted octanol–water partition coefficient (Wildman–Crippen LogP) is 3.75. The van der Waals surface area contributed by atoms with Gasteiger partial charge in [0.05, 0.1) is 16.3 Å². The lowest BCUT2D eigenvalue weighted by Gasteiger charge is -2.37. The molecule has 0 aliphatic heterocycles. The van der Waals surface area contributed by atoms with Gasteiger partial charge in [-0.3, -0.25) is 9.59 Å². The van der Waals surface area contributed by atoms with E-state index in [2.05, 4.69) is 10.6 Å². The molecule has 0 radical (unpaired) electrons. The van der Waals surface area contributed by atoms with Crippen LogP contribution >= 0.6 is 0 Å². The highest BCUT2D eigenvalue weighted by molar-refractivity contribution is 7.92. The number of Topliss-reactive ketones (excluding diaryl/α,β-unsaturated/α-hetero) is 1. The fraction of sp³-hybridized carbons (Fsp3) is 0.579. The third-order valence-corrected chi connectivity index (χ3v) is 7.13. The zero-order chi connectivity index (χ0) is 21.4. The van der Waals surface area contributed by atoms with Crippen LogP contribution in [-0.4, -0.2) is 32.2 Å². The lowest BCUT2D eigenvalue weighted by Crippen LogP contribution is -2.40. The molecule has 1 amide bonds. The van der Waals surface area contributed by atoms with Gasteiger partial charge in [-0.1, -0.05) is 6.42 Å². The smallest absolute Gasteiger partial charge is 0.384 e. The third kappa shape index (κ3) is 4.26. The predicted molar refractivity (Wildman–Crippen MR) is 101 cm³/mol. The van der Waals surface area contributed by atoms with Crippen LogP contribution in [0.3, 0.4) is 0 Å². The second-order valence-electron chi connectivity index (χ2n) is 7.57. The summed E-state index contributed by atoms with van der Waals surface area (Å²) in [7, 11) is -5.53. The van der Waals surface area contributed by atoms with Gasteiger partial charge in [0.15, 0.2) is 0 Å². The number of halogens is 3. The van der Waals surface area contributed by atoms with Crippen LogP contribution in [0.5, 0.6) is 0 Å². The summed E-state index contributed by atoms with van der Waals surface area (Å²) in [5.41, 5.74) is -5.13. The number of carbonyl (C=O) groups excluding carboxylic acids is 2. The summed E-state index contributed by atoms with van der Waals surface area (Å²) in [5.74, 6) is -0.936. The molecule has 2 saturated carbocycles. The van der Waals surface area contributed by atoms with Crippen molar-refractivity contribution in [2.45, 2.75) is 49.4 Å². The number of benzene rings is 1. The Hall–Kier alpha value is -2.10. The lowest BCUT2D eigenvalue weighted by atomic mass is 9.67. The summed E-state index contributed by atoms with van der Waals surface area (Å²) < 4.78 is 62.2. The monoisotopic (exact) mass is 432 g/mol. The Kier molecular flexibility index (Phi) is 5.93. The summed E-state index contributed by atoms with van der Waals surface area (Å²) in [4.78, 5) is 24.1. The van der Waals surface area contributed by atoms with Crippen molar-refractivity contribution in [2.24, 2.45) is 17.8 Å². The highest BCUT2D eigenvalue weighted by Gasteiger charge is 2.47. The quantitative estimate of drug-likeness (QED) is 0.739. The maximum Gasteiger partial charge on any atom is 0.501 e. The van der Waals surface area contributed by atoms with E-state index < -0.39 is 32.1 Å². The number of hydrogen-bond donors (Lipinski definition) is 2. The normalized spacial score (nSPS) is 24.8. The molecule has 2 bridgehead atoms. The van der Waals surface area contributed by atoms with Gasteiger partial charge in [-0.15, -0.1) is 0 Å². The Morgan fingerprint density at radius 2 is 1.76 bits per heavy atom. The maximum atomic E-state index is 12.9. The molecular formula is C19H23F3N2O4S. The Morgan fingerprint density at radius 1 is 1.14 bits per heavy atom. The first-order chi connectivity index (χ1) is 13.5. The Labute approximate surface area is 167 Å². The SMILES string of the molecule is CCNc1ccc(S(=O)(=O)C(F)(F)F)cc1NC(=O)C1CC2CCCC(C1)C2=O. The van der Waals surface area contributed by atoms with Crippen LogP contribution in [0.1, 0.15) is 39.0 Å². The minimum atomic E-state index is -5.53. The number of sulfone groups is 1. The van der Waals surface area contributed by atoms with Gasteiger partial charge >= 0.3 is 5.51 Å². The first-order valence-electron chi connectivity index (χ1n) is 9.58. The van der Waals surface area contributed by atoms with E-state index in [0.29, 0.717) is 25.1 Å². The van der Waals surface area contributed by atoms with Gasteiger partial charge in [-0.2, -0.15) is 13.2 Å². The van der Waals surface area contributed by atoms with Crippen molar-refractivity contribution >= 4 is 32.9 Å². The molecule has 2 atom stereocenters. The Balaban J connectivity index is 1.86. The van der Waals surface area contributed by atoms with Gasteiger partial charge in [-0.05, 0) is 50.8 Å². The minimum Gasteiger partial charge on any atom is -0.384 e. The fourth-order valence-corrected chi connectivity index (χ4v) is 4.99. The fourth-order valence-electron chi connectivity index (χ4n) is 4.20. The van der Waals surface area contributed by atoms with Crippen molar-refractivity contribution in [1.29, 1.82) is 0 Å². The number of anilines is 2. The number of rotatable bonds is 5. The molecule has 3 rings (SSSR count). The van der Waals surface area contributed by atoms with Gasteiger partial charge < -0.3 is 10.6 Å². The van der Waals surface area contributed by atoms with Crippen molar-refractivity contribution in [3.05, 3.63) is 18.2 Å². The van der Waals surface area contributed by atoms with E-state index in [4.69, 9.17) is 0 Å². The average molecular weight is 432 g/mol. The van der Waals surface area contributed by atoms with Crippen molar-refractivity contribution in [2.75, 3.05) is 17.2 Å². The highest BCUT2D eigenvalue weighted by Crippen LogP contribution is 2.41. The number of hydrogen-bond acceptors (Lipinski definition) is 5. The van der Waals surface area contributed by atoms with Crippen LogP contribution in [0.2, 0.25) is 0 Å². The molecule has 0 heterocycles. The first kappa shape index (κ1) is 21.6. The van der Waals surface area contributed by atoms with E-state index in [1.165, 1.54) is 6.07 Å². The second kappa shape index (κ2) is 7.97. The molecule has 2 N–H and O–H groups in total. The van der Waals surface area contributed by atoms with Gasteiger partial charge in [0.1, 0.15) is 5.78 Å². The summed E-state index contributed by atoms with van der Waals surface area (Å²) in [6.45, 7) is 2.19. The average Bonchev–Trinajstić information content (AvgIpc) is 2.62. The molecule has 1 aromatic rings. The Bertz CT molecular complexity index is 899. The molecule has 10 heteroatoms. The number of nitrogens with one attached hydrogen (secondary N) is 2. The van der Waals surface area contributed by atoms with Crippen LogP contribution in [0.25, 0.3) is 0 Å². The number of amides is 1. The summed E-state index contributed by atoms with van der Waals surface area (Å²) in [6.07, 6.45) is 3.29. The molecule has 2 unspecified atom stereocenters. The molecule has 2 aliphatic rings. The molecule has 0 spiro atoms. The zero-order valence-corrected chi connectivity index (χ0v) is 16.7. The van der Waals surface area contributed by atoms with E-state index in [9.17, 15) is 31.2 Å². The van der Waals surface area contributed by atoms with Gasteiger partial charge in [-0.25, -0.2) is 8.42 Å². The van der Waals surface area contributed by atoms with Crippen LogP contribution in [0.4, 0.5) is 24.5 Å². The molecule has 0 aromatic heterocycles. The molecule has 2 fully saturated rings. The van der Waals surface area contributed by atoms with Gasteiger partial charge in [0.25, 0.3) is 9.84 Å². The zero-order valence-electron chi connectivity index (χ0n) is 15.9. The van der Waals surface area contributed by atoms with E-state index >= 15 is 0 Å². The van der Waals surface area contributed by atoms with Crippen LogP contribution in [0.15, 0.2) is 23.1 Å². The molecule has 2 aliphatic carbocycles. The van der Waals surface area contributed by atoms with E-state index in [0.717, 1.165) is 31.4 Å². The molecule has 0 saturated heterocycles. The van der Waals surface area contributed by atoms with Gasteiger partial charge in [0, 0.05) is 24.3 Å². The number of carbonyl (C=O) groups is 2. The molecule has 6 nitrogen and oxygen atoms in total. The summed E-state index contributed by atoms with van der Waals surface area (Å²) >= 11 is 0. The molecule has 1 aromatic carbocycles. The van der Waals surface area contributed by atoms with E-state index in [1.807, 2.05) is 0 Å². The first-order valence-corrected chi connectivity index (χ1v) is 11.1. The summed E-state index contributed by atoms with van der Waals surface area (Å²) in [5, 5.41) is 5.49. The number of fused-ring (bicyclic) bond motifs is 2. The third-order valence-electron chi connectivity index (χ3n) is 5.65. The van der Waals surface area contributed by atoms with Gasteiger partial charge in [0.2, 0.25) is 5.91 Å². The van der Waals surface area contributed by atoms with Crippen molar-refractivity contribution in [3.8, 4) is 0 Å². The lowest BCUT2D eigenvalue weighted by molar-refractivity contribution is -0.136. The van der Waals surface area contributed by atoms with E-state index in [1.54, 1.807) is 6.92 Å². The van der Waals surface area contributed by atoms with Crippen molar-refractivity contribution in [3.63, 3.8) is 0 Å². The number of ketones is 1. The molecule has 29 heavy (non-hydrogen) atoms. The standard InChI is InChI=1S/C19H23F3N2O4S/c1-2-23-15-7-6-14(29(27,28)19(20,21)22)10-16(15)24-18(26)13-8-11-4-3-5-12(9-13)17(11)25/h6-7,10-13,23H,2-5,8-9H2,1H3,(H,24,26). The number of alkyl halides is 3. The second-order valence-corrected chi connectivity index (χ2v) is 9.51. The Morgan fingerprint density at radius 3 is 2.31 bits per heavy atom. The molecular weight excluding hydrogens is 409 g/mol. The van der Waals surface area contributed by atoms with Crippen molar-refractivity contribution in [1.82, 2.24) is 0 Å². The largest absolute Gasteiger partial charge is 0.501 e. The topological polar surface area (TPSA) is 92.3 Å². The highest BCUT2D eigenvalue weighted by atomic mass is 32.2. The van der Waals surface area contributed by atoms with Crippen LogP contribution in [-0.2, 0) is 19.4 Å². The van der Waals surface area contributed by atoms with Crippen LogP contribution in [0, 0.1) is 17.8 Å². The minimum absolute atomic E-state index is 0.0239. The van der Waals surface area contributed by atoms with Crippen LogP contribution < -0.4 is 10.6 Å². The van der Waals surface area contributed by atoms with E-state index in [-0.39, 0.29) is 23.3 Å².